The Morgan fingerprint density at radius 1 is 1.19 bits per heavy atom. The van der Waals surface area contributed by atoms with Gasteiger partial charge in [-0.1, -0.05) is 23.2 Å². The van der Waals surface area contributed by atoms with Gasteiger partial charge >= 0.3 is 0 Å². The number of benzene rings is 1. The van der Waals surface area contributed by atoms with E-state index in [0.717, 1.165) is 10.9 Å². The molecule has 16 heavy (non-hydrogen) atoms. The molecule has 2 rings (SSSR count). The van der Waals surface area contributed by atoms with Gasteiger partial charge in [-0.25, -0.2) is 0 Å². The van der Waals surface area contributed by atoms with Crippen molar-refractivity contribution < 1.29 is 5.11 Å². The summed E-state index contributed by atoms with van der Waals surface area (Å²) in [5.41, 5.74) is -0.0553. The standard InChI is InChI=1S/C10H6Cl2N2O2/c11-6-1-3-7(4-2-6)14-10(16)9(12)8(15)5-13-14/h1-5,15H. The molecule has 1 N–H and O–H groups in total. The SMILES string of the molecule is O=c1c(Cl)c(O)cnn1-c1ccc(Cl)cc1. The van der Waals surface area contributed by atoms with Gasteiger partial charge in [-0.15, -0.1) is 0 Å². The Kier molecular flexibility index (Phi) is 2.85. The summed E-state index contributed by atoms with van der Waals surface area (Å²) in [6.45, 7) is 0. The van der Waals surface area contributed by atoms with Crippen molar-refractivity contribution >= 4 is 23.2 Å². The van der Waals surface area contributed by atoms with Gasteiger partial charge in [0.2, 0.25) is 0 Å². The number of hydrogen-bond donors (Lipinski definition) is 1. The lowest BCUT2D eigenvalue weighted by atomic mass is 10.3. The third-order valence-corrected chi connectivity index (χ3v) is 2.58. The second-order valence-corrected chi connectivity index (χ2v) is 3.85. The molecule has 0 radical (unpaired) electrons. The second-order valence-electron chi connectivity index (χ2n) is 3.04. The average molecular weight is 257 g/mol. The van der Waals surface area contributed by atoms with Crippen molar-refractivity contribution in [3.63, 3.8) is 0 Å². The maximum Gasteiger partial charge on any atom is 0.294 e. The number of rotatable bonds is 1. The van der Waals surface area contributed by atoms with E-state index in [0.29, 0.717) is 10.7 Å². The Hall–Kier alpha value is -1.52. The van der Waals surface area contributed by atoms with Crippen LogP contribution in [0.2, 0.25) is 10.0 Å². The van der Waals surface area contributed by atoms with Crippen LogP contribution in [0.4, 0.5) is 0 Å². The van der Waals surface area contributed by atoms with Crippen LogP contribution in [0.1, 0.15) is 0 Å². The summed E-state index contributed by atoms with van der Waals surface area (Å²) in [5.74, 6) is -0.336. The molecule has 0 aliphatic rings. The van der Waals surface area contributed by atoms with E-state index in [2.05, 4.69) is 5.10 Å². The van der Waals surface area contributed by atoms with Crippen molar-refractivity contribution in [3.8, 4) is 11.4 Å². The number of nitrogens with zero attached hydrogens (tertiary/aromatic N) is 2. The Balaban J connectivity index is 2.61. The zero-order valence-corrected chi connectivity index (χ0v) is 9.40. The molecule has 1 heterocycles. The predicted octanol–water partition coefficient (Wildman–Crippen LogP) is 2.24. The first-order valence-electron chi connectivity index (χ1n) is 4.32. The topological polar surface area (TPSA) is 55.1 Å². The Bertz CT molecular complexity index is 578. The largest absolute Gasteiger partial charge is 0.505 e. The smallest absolute Gasteiger partial charge is 0.294 e. The first-order chi connectivity index (χ1) is 7.59. The molecule has 0 aliphatic heterocycles. The fourth-order valence-corrected chi connectivity index (χ4v) is 1.45. The van der Waals surface area contributed by atoms with Gasteiger partial charge in [-0.2, -0.15) is 9.78 Å². The van der Waals surface area contributed by atoms with E-state index in [4.69, 9.17) is 23.2 Å². The van der Waals surface area contributed by atoms with Crippen LogP contribution in [-0.4, -0.2) is 14.9 Å². The lowest BCUT2D eigenvalue weighted by Crippen LogP contribution is -2.20. The van der Waals surface area contributed by atoms with Crippen molar-refractivity contribution in [2.45, 2.75) is 0 Å². The van der Waals surface area contributed by atoms with E-state index < -0.39 is 5.56 Å². The molecule has 1 aromatic heterocycles. The van der Waals surface area contributed by atoms with Crippen LogP contribution >= 0.6 is 23.2 Å². The van der Waals surface area contributed by atoms with Crippen LogP contribution in [0, 0.1) is 0 Å². The molecule has 0 fully saturated rings. The summed E-state index contributed by atoms with van der Waals surface area (Å²) in [7, 11) is 0. The van der Waals surface area contributed by atoms with Crippen molar-refractivity contribution in [3.05, 3.63) is 50.9 Å². The molecule has 0 aliphatic carbocycles. The zero-order valence-electron chi connectivity index (χ0n) is 7.89. The molecule has 1 aromatic carbocycles. The lowest BCUT2D eigenvalue weighted by molar-refractivity contribution is 0.467. The molecule has 82 valence electrons. The maximum absolute atomic E-state index is 11.7. The van der Waals surface area contributed by atoms with Gasteiger partial charge in [0.25, 0.3) is 5.56 Å². The van der Waals surface area contributed by atoms with Gasteiger partial charge in [0.1, 0.15) is 0 Å². The van der Waals surface area contributed by atoms with Crippen molar-refractivity contribution in [2.24, 2.45) is 0 Å². The highest BCUT2D eigenvalue weighted by Crippen LogP contribution is 2.17. The number of aromatic nitrogens is 2. The third kappa shape index (κ3) is 1.89. The van der Waals surface area contributed by atoms with Gasteiger partial charge < -0.3 is 5.11 Å². The summed E-state index contributed by atoms with van der Waals surface area (Å²) in [6, 6.07) is 6.52. The summed E-state index contributed by atoms with van der Waals surface area (Å²) in [6.07, 6.45) is 1.11. The fraction of sp³-hybridized carbons (Fsp3) is 0. The normalized spacial score (nSPS) is 10.4. The van der Waals surface area contributed by atoms with Crippen LogP contribution in [0.3, 0.4) is 0 Å². The molecular formula is C10H6Cl2N2O2. The van der Waals surface area contributed by atoms with Gasteiger partial charge in [0, 0.05) is 5.02 Å². The van der Waals surface area contributed by atoms with Crippen LogP contribution < -0.4 is 5.56 Å². The van der Waals surface area contributed by atoms with E-state index in [-0.39, 0.29) is 10.8 Å². The van der Waals surface area contributed by atoms with E-state index in [9.17, 15) is 9.90 Å². The Morgan fingerprint density at radius 3 is 2.44 bits per heavy atom. The lowest BCUT2D eigenvalue weighted by Gasteiger charge is -2.05. The minimum atomic E-state index is -0.580. The van der Waals surface area contributed by atoms with Crippen LogP contribution in [-0.2, 0) is 0 Å². The highest BCUT2D eigenvalue weighted by molar-refractivity contribution is 6.31. The zero-order chi connectivity index (χ0) is 11.7. The molecule has 0 atom stereocenters. The quantitative estimate of drug-likeness (QED) is 0.852. The summed E-state index contributed by atoms with van der Waals surface area (Å²) < 4.78 is 1.08. The monoisotopic (exact) mass is 256 g/mol. The average Bonchev–Trinajstić information content (AvgIpc) is 2.28. The minimum absolute atomic E-state index is 0.259. The molecule has 0 spiro atoms. The van der Waals surface area contributed by atoms with Crippen molar-refractivity contribution in [2.75, 3.05) is 0 Å². The van der Waals surface area contributed by atoms with E-state index in [1.54, 1.807) is 24.3 Å². The number of halogens is 2. The highest BCUT2D eigenvalue weighted by atomic mass is 35.5. The Morgan fingerprint density at radius 2 is 1.81 bits per heavy atom. The first-order valence-corrected chi connectivity index (χ1v) is 5.08. The second kappa shape index (κ2) is 4.15. The Labute approximate surface area is 101 Å². The van der Waals surface area contributed by atoms with Gasteiger partial charge in [-0.3, -0.25) is 4.79 Å². The summed E-state index contributed by atoms with van der Waals surface area (Å²) >= 11 is 11.3. The highest BCUT2D eigenvalue weighted by Gasteiger charge is 2.09. The summed E-state index contributed by atoms with van der Waals surface area (Å²) in [5, 5.41) is 13.2. The van der Waals surface area contributed by atoms with Crippen molar-refractivity contribution in [1.82, 2.24) is 9.78 Å². The molecule has 0 saturated carbocycles. The number of aromatic hydroxyl groups is 1. The van der Waals surface area contributed by atoms with Crippen molar-refractivity contribution in [1.29, 1.82) is 0 Å². The van der Waals surface area contributed by atoms with Gasteiger partial charge in [-0.05, 0) is 24.3 Å². The fourth-order valence-electron chi connectivity index (χ4n) is 1.19. The van der Waals surface area contributed by atoms with Crippen LogP contribution in [0.25, 0.3) is 5.69 Å². The molecule has 4 nitrogen and oxygen atoms in total. The molecule has 2 aromatic rings. The number of hydrogen-bond acceptors (Lipinski definition) is 3. The van der Waals surface area contributed by atoms with Gasteiger partial charge in [0.15, 0.2) is 10.8 Å². The summed E-state index contributed by atoms with van der Waals surface area (Å²) in [4.78, 5) is 11.7. The molecular weight excluding hydrogens is 251 g/mol. The molecule has 0 bridgehead atoms. The van der Waals surface area contributed by atoms with Crippen LogP contribution in [0.15, 0.2) is 35.3 Å². The van der Waals surface area contributed by atoms with E-state index >= 15 is 0 Å². The molecule has 0 amide bonds. The maximum atomic E-state index is 11.7. The molecule has 0 saturated heterocycles. The van der Waals surface area contributed by atoms with E-state index in [1.807, 2.05) is 0 Å². The minimum Gasteiger partial charge on any atom is -0.505 e. The molecule has 6 heteroatoms. The first kappa shape index (κ1) is 11.0. The van der Waals surface area contributed by atoms with Gasteiger partial charge in [0.05, 0.1) is 11.9 Å². The predicted molar refractivity (Wildman–Crippen MR) is 61.5 cm³/mol. The third-order valence-electron chi connectivity index (χ3n) is 1.97. The van der Waals surface area contributed by atoms with E-state index in [1.165, 1.54) is 0 Å². The molecule has 0 unspecified atom stereocenters. The van der Waals surface area contributed by atoms with Crippen LogP contribution in [0.5, 0.6) is 5.75 Å².